The molecule has 1 heterocycles. The topological polar surface area (TPSA) is 74.7 Å². The Labute approximate surface area is 93.7 Å². The molecular formula is C11H15NO4. The smallest absolute Gasteiger partial charge is 0.311 e. The van der Waals surface area contributed by atoms with Gasteiger partial charge in [-0.25, -0.2) is 0 Å². The first-order valence-electron chi connectivity index (χ1n) is 4.92. The van der Waals surface area contributed by atoms with Crippen LogP contribution in [-0.4, -0.2) is 33.3 Å². The summed E-state index contributed by atoms with van der Waals surface area (Å²) < 4.78 is 0. The number of amides is 2. The minimum Gasteiger partial charge on any atom is -0.481 e. The van der Waals surface area contributed by atoms with Crippen molar-refractivity contribution < 1.29 is 19.5 Å². The van der Waals surface area contributed by atoms with E-state index in [1.54, 1.807) is 13.8 Å². The minimum absolute atomic E-state index is 0.468. The molecule has 0 aliphatic carbocycles. The largest absolute Gasteiger partial charge is 0.481 e. The fourth-order valence-electron chi connectivity index (χ4n) is 1.49. The molecule has 1 aliphatic heterocycles. The molecular weight excluding hydrogens is 210 g/mol. The Morgan fingerprint density at radius 1 is 1.12 bits per heavy atom. The van der Waals surface area contributed by atoms with Gasteiger partial charge in [-0.15, -0.1) is 0 Å². The first-order chi connectivity index (χ1) is 7.12. The van der Waals surface area contributed by atoms with Crippen molar-refractivity contribution in [2.45, 2.75) is 33.2 Å². The van der Waals surface area contributed by atoms with Crippen LogP contribution in [0.15, 0.2) is 12.2 Å². The highest BCUT2D eigenvalue weighted by Crippen LogP contribution is 2.37. The normalized spacial score (nSPS) is 17.1. The Morgan fingerprint density at radius 2 is 1.50 bits per heavy atom. The quantitative estimate of drug-likeness (QED) is 0.721. The maximum absolute atomic E-state index is 11.5. The molecule has 0 saturated heterocycles. The highest BCUT2D eigenvalue weighted by molar-refractivity contribution is 6.13. The molecule has 0 aromatic heterocycles. The highest BCUT2D eigenvalue weighted by atomic mass is 16.4. The van der Waals surface area contributed by atoms with Gasteiger partial charge in [0.1, 0.15) is 0 Å². The molecule has 0 aromatic carbocycles. The van der Waals surface area contributed by atoms with E-state index in [-0.39, 0.29) is 0 Å². The summed E-state index contributed by atoms with van der Waals surface area (Å²) in [4.78, 5) is 35.2. The SMILES string of the molecule is CC(C)(C(=O)O)C(C)(C)N1C(=O)C=CC1=O. The van der Waals surface area contributed by atoms with Gasteiger partial charge in [-0.1, -0.05) is 0 Å². The zero-order valence-corrected chi connectivity index (χ0v) is 9.77. The molecule has 1 rings (SSSR count). The number of hydrogen-bond donors (Lipinski definition) is 1. The van der Waals surface area contributed by atoms with Gasteiger partial charge < -0.3 is 5.11 Å². The van der Waals surface area contributed by atoms with Crippen molar-refractivity contribution in [3.05, 3.63) is 12.2 Å². The lowest BCUT2D eigenvalue weighted by Gasteiger charge is -2.43. The first kappa shape index (κ1) is 12.4. The third-order valence-electron chi connectivity index (χ3n) is 3.43. The van der Waals surface area contributed by atoms with E-state index >= 15 is 0 Å². The molecule has 5 nitrogen and oxygen atoms in total. The monoisotopic (exact) mass is 225 g/mol. The molecule has 5 heteroatoms. The standard InChI is InChI=1S/C11H15NO4/c1-10(2,9(15)16)11(3,4)12-7(13)5-6-8(12)14/h5-6H,1-4H3,(H,15,16). The Kier molecular flexibility index (Phi) is 2.67. The van der Waals surface area contributed by atoms with E-state index in [0.29, 0.717) is 0 Å². The fourth-order valence-corrected chi connectivity index (χ4v) is 1.49. The van der Waals surface area contributed by atoms with Gasteiger partial charge in [-0.05, 0) is 27.7 Å². The van der Waals surface area contributed by atoms with Crippen LogP contribution in [0.5, 0.6) is 0 Å². The van der Waals surface area contributed by atoms with Crippen LogP contribution in [0.3, 0.4) is 0 Å². The highest BCUT2D eigenvalue weighted by Gasteiger charge is 2.51. The van der Waals surface area contributed by atoms with Crippen molar-refractivity contribution in [1.82, 2.24) is 4.90 Å². The van der Waals surface area contributed by atoms with E-state index < -0.39 is 28.7 Å². The molecule has 0 radical (unpaired) electrons. The van der Waals surface area contributed by atoms with Crippen LogP contribution < -0.4 is 0 Å². The van der Waals surface area contributed by atoms with Gasteiger partial charge in [0.25, 0.3) is 11.8 Å². The predicted molar refractivity (Wildman–Crippen MR) is 56.5 cm³/mol. The van der Waals surface area contributed by atoms with Crippen molar-refractivity contribution >= 4 is 17.8 Å². The van der Waals surface area contributed by atoms with Gasteiger partial charge in [-0.3, -0.25) is 19.3 Å². The molecule has 0 atom stereocenters. The molecule has 1 N–H and O–H groups in total. The molecule has 1 aliphatic rings. The van der Waals surface area contributed by atoms with E-state index in [9.17, 15) is 14.4 Å². The third kappa shape index (κ3) is 1.52. The zero-order valence-electron chi connectivity index (χ0n) is 9.77. The minimum atomic E-state index is -1.22. The zero-order chi connectivity index (χ0) is 12.7. The van der Waals surface area contributed by atoms with Gasteiger partial charge in [0.05, 0.1) is 11.0 Å². The molecule has 88 valence electrons. The maximum atomic E-state index is 11.5. The Bertz CT molecular complexity index is 375. The van der Waals surface area contributed by atoms with Crippen LogP contribution in [0, 0.1) is 5.41 Å². The van der Waals surface area contributed by atoms with Gasteiger partial charge >= 0.3 is 5.97 Å². The van der Waals surface area contributed by atoms with E-state index in [4.69, 9.17) is 5.11 Å². The molecule has 0 spiro atoms. The Hall–Kier alpha value is -1.65. The summed E-state index contributed by atoms with van der Waals surface area (Å²) in [6.45, 7) is 6.14. The Balaban J connectivity index is 3.17. The number of carboxylic acids is 1. The van der Waals surface area contributed by atoms with Gasteiger partial charge in [0, 0.05) is 12.2 Å². The summed E-state index contributed by atoms with van der Waals surface area (Å²) in [5, 5.41) is 9.14. The second-order valence-corrected chi connectivity index (χ2v) is 4.83. The summed E-state index contributed by atoms with van der Waals surface area (Å²) >= 11 is 0. The van der Waals surface area contributed by atoms with Crippen LogP contribution in [0.1, 0.15) is 27.7 Å². The third-order valence-corrected chi connectivity index (χ3v) is 3.43. The molecule has 16 heavy (non-hydrogen) atoms. The van der Waals surface area contributed by atoms with Crippen molar-refractivity contribution in [3.8, 4) is 0 Å². The fraction of sp³-hybridized carbons (Fsp3) is 0.545. The van der Waals surface area contributed by atoms with Crippen molar-refractivity contribution in [2.24, 2.45) is 5.41 Å². The van der Waals surface area contributed by atoms with Crippen molar-refractivity contribution in [2.75, 3.05) is 0 Å². The number of imide groups is 1. The second-order valence-electron chi connectivity index (χ2n) is 4.83. The predicted octanol–water partition coefficient (Wildman–Crippen LogP) is 0.801. The first-order valence-corrected chi connectivity index (χ1v) is 4.92. The van der Waals surface area contributed by atoms with Gasteiger partial charge in [0.2, 0.25) is 0 Å². The average molecular weight is 225 g/mol. The lowest BCUT2D eigenvalue weighted by molar-refractivity contribution is -0.161. The molecule has 2 amide bonds. The van der Waals surface area contributed by atoms with Crippen LogP contribution in [-0.2, 0) is 14.4 Å². The molecule has 0 bridgehead atoms. The number of aliphatic carboxylic acids is 1. The van der Waals surface area contributed by atoms with E-state index in [2.05, 4.69) is 0 Å². The maximum Gasteiger partial charge on any atom is 0.311 e. The lowest BCUT2D eigenvalue weighted by atomic mass is 9.73. The number of carboxylic acid groups (broad SMARTS) is 1. The number of nitrogens with zero attached hydrogens (tertiary/aromatic N) is 1. The van der Waals surface area contributed by atoms with Crippen LogP contribution >= 0.6 is 0 Å². The lowest BCUT2D eigenvalue weighted by Crippen LogP contribution is -2.59. The van der Waals surface area contributed by atoms with Crippen molar-refractivity contribution in [1.29, 1.82) is 0 Å². The summed E-state index contributed by atoms with van der Waals surface area (Å²) in [5.74, 6) is -1.99. The van der Waals surface area contributed by atoms with Crippen LogP contribution in [0.25, 0.3) is 0 Å². The van der Waals surface area contributed by atoms with Crippen LogP contribution in [0.4, 0.5) is 0 Å². The number of carbonyl (C=O) groups is 3. The summed E-state index contributed by atoms with van der Waals surface area (Å²) in [7, 11) is 0. The summed E-state index contributed by atoms with van der Waals surface area (Å²) in [5.41, 5.74) is -2.30. The van der Waals surface area contributed by atoms with E-state index in [0.717, 1.165) is 17.1 Å². The number of rotatable bonds is 3. The number of carbonyl (C=O) groups excluding carboxylic acids is 2. The number of hydrogen-bond acceptors (Lipinski definition) is 3. The van der Waals surface area contributed by atoms with Crippen molar-refractivity contribution in [3.63, 3.8) is 0 Å². The summed E-state index contributed by atoms with van der Waals surface area (Å²) in [6.07, 6.45) is 2.31. The average Bonchev–Trinajstić information content (AvgIpc) is 2.45. The molecule has 0 fully saturated rings. The van der Waals surface area contributed by atoms with Gasteiger partial charge in [0.15, 0.2) is 0 Å². The summed E-state index contributed by atoms with van der Waals surface area (Å²) in [6, 6.07) is 0. The van der Waals surface area contributed by atoms with E-state index in [1.807, 2.05) is 0 Å². The van der Waals surface area contributed by atoms with E-state index in [1.165, 1.54) is 13.8 Å². The second kappa shape index (κ2) is 3.43. The molecule has 0 unspecified atom stereocenters. The van der Waals surface area contributed by atoms with Crippen LogP contribution in [0.2, 0.25) is 0 Å². The van der Waals surface area contributed by atoms with Gasteiger partial charge in [-0.2, -0.15) is 0 Å². The molecule has 0 aromatic rings. The molecule has 0 saturated carbocycles. The Morgan fingerprint density at radius 3 is 1.81 bits per heavy atom.